The number of nitriles is 1. The van der Waals surface area contributed by atoms with Crippen molar-refractivity contribution in [3.63, 3.8) is 0 Å². The van der Waals surface area contributed by atoms with Crippen molar-refractivity contribution in [3.05, 3.63) is 59.4 Å². The Labute approximate surface area is 178 Å². The third-order valence-electron chi connectivity index (χ3n) is 5.79. The Kier molecular flexibility index (Phi) is 6.96. The van der Waals surface area contributed by atoms with Crippen LogP contribution in [-0.4, -0.2) is 44.6 Å². The summed E-state index contributed by atoms with van der Waals surface area (Å²) in [6, 6.07) is 14.8. The van der Waals surface area contributed by atoms with Crippen LogP contribution in [0.3, 0.4) is 0 Å². The lowest BCUT2D eigenvalue weighted by Crippen LogP contribution is -2.38. The zero-order chi connectivity index (χ0) is 20.8. The molecule has 6 nitrogen and oxygen atoms in total. The number of benzene rings is 1. The highest BCUT2D eigenvalue weighted by Gasteiger charge is 2.24. The van der Waals surface area contributed by atoms with E-state index in [1.807, 2.05) is 13.1 Å². The minimum absolute atomic E-state index is 0.177. The van der Waals surface area contributed by atoms with Crippen molar-refractivity contribution >= 4 is 5.69 Å². The summed E-state index contributed by atoms with van der Waals surface area (Å²) in [5.74, 6) is 1.18. The zero-order valence-corrected chi connectivity index (χ0v) is 17.6. The molecule has 30 heavy (non-hydrogen) atoms. The van der Waals surface area contributed by atoms with E-state index in [0.717, 1.165) is 50.9 Å². The summed E-state index contributed by atoms with van der Waals surface area (Å²) >= 11 is 0. The molecule has 0 spiro atoms. The summed E-state index contributed by atoms with van der Waals surface area (Å²) in [6.45, 7) is 3.94. The Morgan fingerprint density at radius 1 is 1.13 bits per heavy atom. The summed E-state index contributed by atoms with van der Waals surface area (Å²) < 4.78 is 11.8. The van der Waals surface area contributed by atoms with Crippen LogP contribution in [-0.2, 0) is 16.0 Å². The summed E-state index contributed by atoms with van der Waals surface area (Å²) in [6.07, 6.45) is 5.02. The molecule has 1 N–H and O–H groups in total. The highest BCUT2D eigenvalue weighted by atomic mass is 16.7. The van der Waals surface area contributed by atoms with Crippen molar-refractivity contribution < 1.29 is 9.47 Å². The first-order chi connectivity index (χ1) is 14.7. The molecule has 2 fully saturated rings. The highest BCUT2D eigenvalue weighted by Crippen LogP contribution is 2.40. The number of ether oxygens (including phenoxy) is 2. The van der Waals surface area contributed by atoms with Crippen LogP contribution in [0.25, 0.3) is 0 Å². The predicted molar refractivity (Wildman–Crippen MR) is 116 cm³/mol. The third-order valence-corrected chi connectivity index (χ3v) is 5.79. The molecule has 158 valence electrons. The number of aromatic nitrogens is 1. The van der Waals surface area contributed by atoms with E-state index in [9.17, 15) is 0 Å². The van der Waals surface area contributed by atoms with Gasteiger partial charge in [-0.1, -0.05) is 24.3 Å². The molecule has 0 unspecified atom stereocenters. The number of nitrogens with zero attached hydrogens (tertiary/aromatic N) is 3. The molecule has 1 saturated heterocycles. The Bertz CT molecular complexity index is 835. The summed E-state index contributed by atoms with van der Waals surface area (Å²) in [4.78, 5) is 6.54. The Balaban J connectivity index is 1.39. The molecule has 0 radical (unpaired) electrons. The first-order valence-electron chi connectivity index (χ1n) is 10.8. The van der Waals surface area contributed by atoms with E-state index in [2.05, 4.69) is 45.5 Å². The SMILES string of the molecule is CNCC1COC(CCN(Cc2ccc(C3CC3)cc2)c2ccc(C#N)nc2)OC1. The van der Waals surface area contributed by atoms with E-state index in [4.69, 9.17) is 14.7 Å². The van der Waals surface area contributed by atoms with E-state index in [-0.39, 0.29) is 6.29 Å². The van der Waals surface area contributed by atoms with E-state index in [0.29, 0.717) is 11.6 Å². The first kappa shape index (κ1) is 20.8. The lowest BCUT2D eigenvalue weighted by molar-refractivity contribution is -0.200. The third kappa shape index (κ3) is 5.57. The van der Waals surface area contributed by atoms with Crippen LogP contribution in [0, 0.1) is 17.2 Å². The fourth-order valence-corrected chi connectivity index (χ4v) is 3.89. The molecule has 0 bridgehead atoms. The molecule has 2 heterocycles. The second-order valence-corrected chi connectivity index (χ2v) is 8.26. The smallest absolute Gasteiger partial charge is 0.159 e. The van der Waals surface area contributed by atoms with E-state index < -0.39 is 0 Å². The lowest BCUT2D eigenvalue weighted by atomic mass is 10.1. The van der Waals surface area contributed by atoms with Crippen LogP contribution in [0.2, 0.25) is 0 Å². The number of rotatable bonds is 9. The zero-order valence-electron chi connectivity index (χ0n) is 17.6. The van der Waals surface area contributed by atoms with Gasteiger partial charge in [-0.25, -0.2) is 4.98 Å². The number of hydrogen-bond acceptors (Lipinski definition) is 6. The fourth-order valence-electron chi connectivity index (χ4n) is 3.89. The van der Waals surface area contributed by atoms with Crippen molar-refractivity contribution in [1.29, 1.82) is 5.26 Å². The van der Waals surface area contributed by atoms with Crippen molar-refractivity contribution in [3.8, 4) is 6.07 Å². The monoisotopic (exact) mass is 406 g/mol. The molecule has 2 aromatic rings. The number of hydrogen-bond donors (Lipinski definition) is 1. The molecule has 0 atom stereocenters. The fraction of sp³-hybridized carbons (Fsp3) is 0.500. The minimum atomic E-state index is -0.177. The lowest BCUT2D eigenvalue weighted by Gasteiger charge is -2.32. The molecule has 1 saturated carbocycles. The number of anilines is 1. The molecule has 1 aliphatic heterocycles. The quantitative estimate of drug-likeness (QED) is 0.688. The molecule has 0 amide bonds. The minimum Gasteiger partial charge on any atom is -0.366 e. The Morgan fingerprint density at radius 2 is 1.90 bits per heavy atom. The number of nitrogens with one attached hydrogen (secondary N) is 1. The van der Waals surface area contributed by atoms with E-state index in [1.165, 1.54) is 24.0 Å². The van der Waals surface area contributed by atoms with Gasteiger partial charge in [-0.05, 0) is 49.1 Å². The van der Waals surface area contributed by atoms with E-state index in [1.54, 1.807) is 12.3 Å². The standard InChI is InChI=1S/C24H30N4O2/c1-26-13-19-16-29-24(30-17-19)10-11-28(23-9-8-22(12-25)27-14-23)15-18-2-4-20(5-3-18)21-6-7-21/h2-5,8-9,14,19,21,24,26H,6-7,10-11,13,15-17H2,1H3. The summed E-state index contributed by atoms with van der Waals surface area (Å²) in [5.41, 5.74) is 4.15. The molecule has 1 aromatic carbocycles. The topological polar surface area (TPSA) is 70.4 Å². The van der Waals surface area contributed by atoms with Crippen LogP contribution in [0.1, 0.15) is 42.0 Å². The van der Waals surface area contributed by atoms with Gasteiger partial charge in [-0.15, -0.1) is 0 Å². The van der Waals surface area contributed by atoms with Gasteiger partial charge < -0.3 is 19.7 Å². The summed E-state index contributed by atoms with van der Waals surface area (Å²) in [5, 5.41) is 12.2. The van der Waals surface area contributed by atoms with Crippen LogP contribution in [0.5, 0.6) is 0 Å². The Morgan fingerprint density at radius 3 is 2.50 bits per heavy atom. The van der Waals surface area contributed by atoms with E-state index >= 15 is 0 Å². The predicted octanol–water partition coefficient (Wildman–Crippen LogP) is 3.44. The highest BCUT2D eigenvalue weighted by molar-refractivity contribution is 5.46. The maximum atomic E-state index is 9.05. The Hall–Kier alpha value is -2.46. The van der Waals surface area contributed by atoms with Crippen LogP contribution < -0.4 is 10.2 Å². The molecule has 6 heteroatoms. The van der Waals surface area contributed by atoms with Crippen molar-refractivity contribution in [1.82, 2.24) is 10.3 Å². The molecule has 4 rings (SSSR count). The van der Waals surface area contributed by atoms with Gasteiger partial charge >= 0.3 is 0 Å². The van der Waals surface area contributed by atoms with Gasteiger partial charge in [-0.3, -0.25) is 0 Å². The van der Waals surface area contributed by atoms with Crippen LogP contribution in [0.4, 0.5) is 5.69 Å². The van der Waals surface area contributed by atoms with Gasteiger partial charge in [0.25, 0.3) is 0 Å². The van der Waals surface area contributed by atoms with Crippen LogP contribution in [0.15, 0.2) is 42.6 Å². The molecule has 2 aliphatic rings. The van der Waals surface area contributed by atoms with Gasteiger partial charge in [0.15, 0.2) is 6.29 Å². The number of pyridine rings is 1. The van der Waals surface area contributed by atoms with Crippen LogP contribution >= 0.6 is 0 Å². The maximum absolute atomic E-state index is 9.05. The largest absolute Gasteiger partial charge is 0.366 e. The maximum Gasteiger partial charge on any atom is 0.159 e. The molecular formula is C24H30N4O2. The van der Waals surface area contributed by atoms with Gasteiger partial charge in [0.05, 0.1) is 25.1 Å². The summed E-state index contributed by atoms with van der Waals surface area (Å²) in [7, 11) is 1.95. The van der Waals surface area contributed by atoms with Crippen molar-refractivity contribution in [2.45, 2.75) is 38.0 Å². The molecule has 1 aliphatic carbocycles. The average Bonchev–Trinajstić information content (AvgIpc) is 3.64. The van der Waals surface area contributed by atoms with Gasteiger partial charge in [-0.2, -0.15) is 5.26 Å². The van der Waals surface area contributed by atoms with Gasteiger partial charge in [0.1, 0.15) is 11.8 Å². The normalized spacial score (nSPS) is 21.2. The van der Waals surface area contributed by atoms with Crippen molar-refractivity contribution in [2.24, 2.45) is 5.92 Å². The second-order valence-electron chi connectivity index (χ2n) is 8.26. The second kappa shape index (κ2) is 10.0. The van der Waals surface area contributed by atoms with Crippen molar-refractivity contribution in [2.75, 3.05) is 38.3 Å². The van der Waals surface area contributed by atoms with Gasteiger partial charge in [0.2, 0.25) is 0 Å². The molecule has 1 aromatic heterocycles. The average molecular weight is 407 g/mol. The first-order valence-corrected chi connectivity index (χ1v) is 10.8. The molecular weight excluding hydrogens is 376 g/mol. The van der Waals surface area contributed by atoms with Gasteiger partial charge in [0, 0.05) is 32.0 Å².